The lowest BCUT2D eigenvalue weighted by atomic mass is 10.1. The Labute approximate surface area is 123 Å². The Morgan fingerprint density at radius 2 is 2.22 bits per heavy atom. The monoisotopic (exact) mass is 340 g/mol. The van der Waals surface area contributed by atoms with E-state index in [1.807, 2.05) is 31.2 Å². The summed E-state index contributed by atoms with van der Waals surface area (Å²) in [7, 11) is 0. The van der Waals surface area contributed by atoms with Crippen molar-refractivity contribution in [3.05, 3.63) is 49.1 Å². The molecular formula is C13H10BrClN2S. The lowest BCUT2D eigenvalue weighted by molar-refractivity contribution is 1.18. The van der Waals surface area contributed by atoms with Gasteiger partial charge in [-0.1, -0.05) is 17.7 Å². The first kappa shape index (κ1) is 13.4. The van der Waals surface area contributed by atoms with Crippen LogP contribution in [0.4, 0.5) is 5.69 Å². The molecular weight excluding hydrogens is 332 g/mol. The first-order valence-corrected chi connectivity index (χ1v) is 7.27. The van der Waals surface area contributed by atoms with E-state index in [0.717, 1.165) is 24.9 Å². The second kappa shape index (κ2) is 5.75. The highest BCUT2D eigenvalue weighted by Crippen LogP contribution is 2.32. The minimum atomic E-state index is 0.661. The topological polar surface area (TPSA) is 35.8 Å². The number of rotatable bonds is 3. The van der Waals surface area contributed by atoms with Crippen LogP contribution in [0.15, 0.2) is 28.7 Å². The maximum Gasteiger partial charge on any atom is 0.107 e. The van der Waals surface area contributed by atoms with Crippen molar-refractivity contribution in [2.45, 2.75) is 13.5 Å². The van der Waals surface area contributed by atoms with Crippen molar-refractivity contribution in [2.24, 2.45) is 0 Å². The van der Waals surface area contributed by atoms with Crippen LogP contribution in [0.2, 0.25) is 4.34 Å². The molecule has 0 fully saturated rings. The fourth-order valence-corrected chi connectivity index (χ4v) is 3.27. The zero-order valence-corrected chi connectivity index (χ0v) is 12.8. The minimum absolute atomic E-state index is 0.661. The molecule has 0 unspecified atom stereocenters. The molecule has 0 atom stereocenters. The molecule has 0 saturated carbocycles. The Hall–Kier alpha value is -1.02. The number of hydrogen-bond acceptors (Lipinski definition) is 3. The molecule has 2 aromatic rings. The van der Waals surface area contributed by atoms with Gasteiger partial charge in [0.25, 0.3) is 0 Å². The van der Waals surface area contributed by atoms with Crippen LogP contribution in [-0.2, 0) is 6.54 Å². The van der Waals surface area contributed by atoms with Gasteiger partial charge >= 0.3 is 0 Å². The minimum Gasteiger partial charge on any atom is -0.380 e. The summed E-state index contributed by atoms with van der Waals surface area (Å²) in [4.78, 5) is 1.15. The Bertz CT molecular complexity index is 596. The van der Waals surface area contributed by atoms with Crippen LogP contribution in [0.5, 0.6) is 0 Å². The first-order chi connectivity index (χ1) is 8.60. The van der Waals surface area contributed by atoms with Crippen LogP contribution >= 0.6 is 38.9 Å². The molecule has 0 radical (unpaired) electrons. The zero-order chi connectivity index (χ0) is 13.1. The van der Waals surface area contributed by atoms with Crippen molar-refractivity contribution in [3.63, 3.8) is 0 Å². The summed E-state index contributed by atoms with van der Waals surface area (Å²) in [5, 5.41) is 12.2. The Kier molecular flexibility index (Phi) is 4.28. The van der Waals surface area contributed by atoms with Gasteiger partial charge in [0.1, 0.15) is 4.34 Å². The quantitative estimate of drug-likeness (QED) is 0.856. The molecule has 5 heteroatoms. The van der Waals surface area contributed by atoms with E-state index >= 15 is 0 Å². The fourth-order valence-electron chi connectivity index (χ4n) is 1.54. The second-order valence-corrected chi connectivity index (χ2v) is 6.42. The van der Waals surface area contributed by atoms with Gasteiger partial charge in [0.2, 0.25) is 0 Å². The molecule has 0 saturated heterocycles. The molecule has 0 aliphatic carbocycles. The van der Waals surface area contributed by atoms with Gasteiger partial charge < -0.3 is 5.32 Å². The van der Waals surface area contributed by atoms with E-state index in [2.05, 4.69) is 27.3 Å². The molecule has 0 amide bonds. The van der Waals surface area contributed by atoms with Crippen LogP contribution < -0.4 is 5.32 Å². The molecule has 0 bridgehead atoms. The van der Waals surface area contributed by atoms with E-state index in [-0.39, 0.29) is 0 Å². The van der Waals surface area contributed by atoms with Crippen LogP contribution in [-0.4, -0.2) is 0 Å². The summed E-state index contributed by atoms with van der Waals surface area (Å²) in [6, 6.07) is 9.77. The summed E-state index contributed by atoms with van der Waals surface area (Å²) in [6.07, 6.45) is 0. The number of benzene rings is 1. The van der Waals surface area contributed by atoms with Gasteiger partial charge in [-0.15, -0.1) is 11.3 Å². The van der Waals surface area contributed by atoms with E-state index < -0.39 is 0 Å². The number of anilines is 1. The van der Waals surface area contributed by atoms with Crippen molar-refractivity contribution >= 4 is 44.6 Å². The Morgan fingerprint density at radius 1 is 1.44 bits per heavy atom. The zero-order valence-electron chi connectivity index (χ0n) is 9.63. The van der Waals surface area contributed by atoms with Crippen molar-refractivity contribution in [1.29, 1.82) is 5.26 Å². The largest absolute Gasteiger partial charge is 0.380 e. The smallest absolute Gasteiger partial charge is 0.107 e. The van der Waals surface area contributed by atoms with Crippen LogP contribution in [0.3, 0.4) is 0 Å². The van der Waals surface area contributed by atoms with E-state index in [0.29, 0.717) is 12.1 Å². The van der Waals surface area contributed by atoms with E-state index in [9.17, 15) is 0 Å². The molecule has 0 aliphatic rings. The number of nitriles is 1. The van der Waals surface area contributed by atoms with Crippen molar-refractivity contribution in [1.82, 2.24) is 0 Å². The Balaban J connectivity index is 2.13. The van der Waals surface area contributed by atoms with Gasteiger partial charge in [-0.3, -0.25) is 0 Å². The molecule has 2 nitrogen and oxygen atoms in total. The number of halogens is 2. The summed E-state index contributed by atoms with van der Waals surface area (Å²) in [5.74, 6) is 0. The molecule has 1 heterocycles. The summed E-state index contributed by atoms with van der Waals surface area (Å²) in [5.41, 5.74) is 2.76. The third-order valence-corrected chi connectivity index (χ3v) is 4.99. The molecule has 0 aliphatic heterocycles. The van der Waals surface area contributed by atoms with Crippen LogP contribution in [0, 0.1) is 18.3 Å². The third-order valence-electron chi connectivity index (χ3n) is 2.52. The maximum atomic E-state index is 8.88. The fraction of sp³-hybridized carbons (Fsp3) is 0.154. The third kappa shape index (κ3) is 3.05. The predicted octanol–water partition coefficient (Wildman–Crippen LogP) is 4.96. The van der Waals surface area contributed by atoms with Crippen LogP contribution in [0.25, 0.3) is 0 Å². The highest BCUT2D eigenvalue weighted by atomic mass is 79.9. The van der Waals surface area contributed by atoms with E-state index in [1.54, 1.807) is 11.3 Å². The number of aryl methyl sites for hydroxylation is 1. The number of thiophene rings is 1. The highest BCUT2D eigenvalue weighted by molar-refractivity contribution is 9.10. The number of hydrogen-bond donors (Lipinski definition) is 1. The molecule has 1 aromatic carbocycles. The maximum absolute atomic E-state index is 8.88. The molecule has 1 aromatic heterocycles. The average molecular weight is 342 g/mol. The number of nitrogens with one attached hydrogen (secondary N) is 1. The van der Waals surface area contributed by atoms with Crippen molar-refractivity contribution in [2.75, 3.05) is 5.32 Å². The van der Waals surface area contributed by atoms with Crippen molar-refractivity contribution < 1.29 is 0 Å². The van der Waals surface area contributed by atoms with E-state index in [1.165, 1.54) is 0 Å². The van der Waals surface area contributed by atoms with Crippen molar-refractivity contribution in [3.8, 4) is 6.07 Å². The Morgan fingerprint density at radius 3 is 2.83 bits per heavy atom. The summed E-state index contributed by atoms with van der Waals surface area (Å²) < 4.78 is 1.68. The summed E-state index contributed by atoms with van der Waals surface area (Å²) >= 11 is 10.9. The SMILES string of the molecule is Cc1ccc(C#N)cc1NCc1cc(Br)c(Cl)s1. The van der Waals surface area contributed by atoms with Crippen LogP contribution in [0.1, 0.15) is 16.0 Å². The van der Waals surface area contributed by atoms with Gasteiger partial charge in [-0.2, -0.15) is 5.26 Å². The second-order valence-electron chi connectivity index (χ2n) is 3.83. The van der Waals surface area contributed by atoms with Gasteiger partial charge in [0.15, 0.2) is 0 Å². The number of nitrogens with zero attached hydrogens (tertiary/aromatic N) is 1. The molecule has 92 valence electrons. The van der Waals surface area contributed by atoms with Gasteiger partial charge in [-0.05, 0) is 46.6 Å². The normalized spacial score (nSPS) is 10.1. The molecule has 18 heavy (non-hydrogen) atoms. The standard InChI is InChI=1S/C13H10BrClN2S/c1-8-2-3-9(6-16)4-12(8)17-7-10-5-11(14)13(15)18-10/h2-5,17H,7H2,1H3. The predicted molar refractivity (Wildman–Crippen MR) is 80.2 cm³/mol. The lowest BCUT2D eigenvalue weighted by Gasteiger charge is -2.08. The molecule has 0 spiro atoms. The first-order valence-electron chi connectivity index (χ1n) is 5.28. The highest BCUT2D eigenvalue weighted by Gasteiger charge is 2.05. The molecule has 2 rings (SSSR count). The van der Waals surface area contributed by atoms with Gasteiger partial charge in [0.05, 0.1) is 11.6 Å². The lowest BCUT2D eigenvalue weighted by Crippen LogP contribution is -1.99. The molecule has 1 N–H and O–H groups in total. The van der Waals surface area contributed by atoms with Gasteiger partial charge in [-0.25, -0.2) is 0 Å². The average Bonchev–Trinajstić information content (AvgIpc) is 2.68. The van der Waals surface area contributed by atoms with E-state index in [4.69, 9.17) is 16.9 Å². The summed E-state index contributed by atoms with van der Waals surface area (Å²) in [6.45, 7) is 2.71. The van der Waals surface area contributed by atoms with Gasteiger partial charge in [0, 0.05) is 21.6 Å².